The zero-order valence-corrected chi connectivity index (χ0v) is 11.3. The predicted octanol–water partition coefficient (Wildman–Crippen LogP) is 2.52. The van der Waals surface area contributed by atoms with E-state index in [0.717, 1.165) is 12.0 Å². The third kappa shape index (κ3) is 3.96. The van der Waals surface area contributed by atoms with Crippen LogP contribution in [0.1, 0.15) is 25.8 Å². The van der Waals surface area contributed by atoms with Gasteiger partial charge in [-0.05, 0) is 37.5 Å². The lowest BCUT2D eigenvalue weighted by Crippen LogP contribution is -2.38. The standard InChI is InChI=1S/C14H22FNO2/c1-4-13(18-5-2)12(16)9-10-6-7-14(17-3)11(15)8-10/h6-8,12-13H,4-5,9,16H2,1-3H3. The Balaban J connectivity index is 2.68. The highest BCUT2D eigenvalue weighted by Gasteiger charge is 2.17. The largest absolute Gasteiger partial charge is 0.494 e. The molecule has 1 aromatic carbocycles. The Morgan fingerprint density at radius 1 is 1.33 bits per heavy atom. The Bertz CT molecular complexity index is 371. The Kier molecular flexibility index (Phi) is 6.09. The molecule has 1 aromatic rings. The van der Waals surface area contributed by atoms with Crippen LogP contribution in [0.2, 0.25) is 0 Å². The van der Waals surface area contributed by atoms with E-state index in [1.165, 1.54) is 13.2 Å². The summed E-state index contributed by atoms with van der Waals surface area (Å²) in [6.07, 6.45) is 1.47. The number of benzene rings is 1. The van der Waals surface area contributed by atoms with E-state index in [-0.39, 0.29) is 23.7 Å². The first-order valence-electron chi connectivity index (χ1n) is 6.31. The van der Waals surface area contributed by atoms with Crippen LogP contribution in [0.15, 0.2) is 18.2 Å². The first kappa shape index (κ1) is 14.9. The van der Waals surface area contributed by atoms with Gasteiger partial charge < -0.3 is 15.2 Å². The van der Waals surface area contributed by atoms with Crippen molar-refractivity contribution in [3.8, 4) is 5.75 Å². The molecule has 3 nitrogen and oxygen atoms in total. The van der Waals surface area contributed by atoms with Crippen LogP contribution >= 0.6 is 0 Å². The summed E-state index contributed by atoms with van der Waals surface area (Å²) in [4.78, 5) is 0. The van der Waals surface area contributed by atoms with Crippen molar-refractivity contribution >= 4 is 0 Å². The third-order valence-electron chi connectivity index (χ3n) is 2.95. The zero-order valence-electron chi connectivity index (χ0n) is 11.3. The average Bonchev–Trinajstić information content (AvgIpc) is 2.36. The average molecular weight is 255 g/mol. The van der Waals surface area contributed by atoms with Crippen molar-refractivity contribution in [3.05, 3.63) is 29.6 Å². The van der Waals surface area contributed by atoms with Crippen molar-refractivity contribution in [3.63, 3.8) is 0 Å². The molecule has 4 heteroatoms. The molecule has 0 aliphatic heterocycles. The number of methoxy groups -OCH3 is 1. The maximum absolute atomic E-state index is 13.5. The molecule has 0 aliphatic rings. The van der Waals surface area contributed by atoms with Crippen molar-refractivity contribution in [2.75, 3.05) is 13.7 Å². The third-order valence-corrected chi connectivity index (χ3v) is 2.95. The van der Waals surface area contributed by atoms with Gasteiger partial charge in [-0.25, -0.2) is 4.39 Å². The van der Waals surface area contributed by atoms with E-state index in [1.54, 1.807) is 6.07 Å². The van der Waals surface area contributed by atoms with Gasteiger partial charge in [-0.3, -0.25) is 0 Å². The van der Waals surface area contributed by atoms with Crippen LogP contribution in [-0.4, -0.2) is 25.9 Å². The molecule has 0 aliphatic carbocycles. The Labute approximate surface area is 108 Å². The number of halogens is 1. The van der Waals surface area contributed by atoms with Gasteiger partial charge in [0.25, 0.3) is 0 Å². The quantitative estimate of drug-likeness (QED) is 0.814. The molecular weight excluding hydrogens is 233 g/mol. The Morgan fingerprint density at radius 3 is 2.56 bits per heavy atom. The zero-order chi connectivity index (χ0) is 13.5. The lowest BCUT2D eigenvalue weighted by Gasteiger charge is -2.22. The number of rotatable bonds is 7. The van der Waals surface area contributed by atoms with Gasteiger partial charge in [0, 0.05) is 12.6 Å². The van der Waals surface area contributed by atoms with Crippen molar-refractivity contribution in [1.82, 2.24) is 0 Å². The molecule has 0 bridgehead atoms. The van der Waals surface area contributed by atoms with E-state index < -0.39 is 0 Å². The SMILES string of the molecule is CCOC(CC)C(N)Cc1ccc(OC)c(F)c1. The number of hydrogen-bond acceptors (Lipinski definition) is 3. The molecule has 0 spiro atoms. The van der Waals surface area contributed by atoms with Crippen LogP contribution < -0.4 is 10.5 Å². The van der Waals surface area contributed by atoms with Crippen LogP contribution in [0.5, 0.6) is 5.75 Å². The lowest BCUT2D eigenvalue weighted by atomic mass is 10.0. The highest BCUT2D eigenvalue weighted by molar-refractivity contribution is 5.29. The minimum Gasteiger partial charge on any atom is -0.494 e. The smallest absolute Gasteiger partial charge is 0.165 e. The molecular formula is C14H22FNO2. The topological polar surface area (TPSA) is 44.5 Å². The summed E-state index contributed by atoms with van der Waals surface area (Å²) in [6.45, 7) is 4.63. The maximum Gasteiger partial charge on any atom is 0.165 e. The summed E-state index contributed by atoms with van der Waals surface area (Å²) in [5, 5.41) is 0. The Morgan fingerprint density at radius 2 is 2.06 bits per heavy atom. The molecule has 102 valence electrons. The van der Waals surface area contributed by atoms with Crippen LogP contribution in [0.25, 0.3) is 0 Å². The van der Waals surface area contributed by atoms with E-state index in [4.69, 9.17) is 15.2 Å². The second-order valence-corrected chi connectivity index (χ2v) is 4.24. The first-order valence-corrected chi connectivity index (χ1v) is 6.31. The fourth-order valence-electron chi connectivity index (χ4n) is 2.00. The van der Waals surface area contributed by atoms with E-state index in [9.17, 15) is 4.39 Å². The van der Waals surface area contributed by atoms with Gasteiger partial charge in [-0.15, -0.1) is 0 Å². The van der Waals surface area contributed by atoms with E-state index in [0.29, 0.717) is 13.0 Å². The van der Waals surface area contributed by atoms with Gasteiger partial charge in [-0.2, -0.15) is 0 Å². The summed E-state index contributed by atoms with van der Waals surface area (Å²) in [5.41, 5.74) is 6.95. The fourth-order valence-corrected chi connectivity index (χ4v) is 2.00. The summed E-state index contributed by atoms with van der Waals surface area (Å²) in [5.74, 6) is -0.101. The second-order valence-electron chi connectivity index (χ2n) is 4.24. The van der Waals surface area contributed by atoms with Gasteiger partial charge in [0.15, 0.2) is 11.6 Å². The van der Waals surface area contributed by atoms with Gasteiger partial charge in [0.2, 0.25) is 0 Å². The molecule has 2 atom stereocenters. The molecule has 0 radical (unpaired) electrons. The van der Waals surface area contributed by atoms with E-state index in [1.807, 2.05) is 19.9 Å². The van der Waals surface area contributed by atoms with Crippen molar-refractivity contribution in [1.29, 1.82) is 0 Å². The van der Waals surface area contributed by atoms with Crippen molar-refractivity contribution < 1.29 is 13.9 Å². The minimum absolute atomic E-state index is 0.0140. The van der Waals surface area contributed by atoms with Gasteiger partial charge >= 0.3 is 0 Å². The minimum atomic E-state index is -0.355. The highest BCUT2D eigenvalue weighted by atomic mass is 19.1. The van der Waals surface area contributed by atoms with E-state index >= 15 is 0 Å². The van der Waals surface area contributed by atoms with Crippen LogP contribution in [0.4, 0.5) is 4.39 Å². The molecule has 0 heterocycles. The second kappa shape index (κ2) is 7.34. The number of nitrogens with two attached hydrogens (primary N) is 1. The van der Waals surface area contributed by atoms with Crippen LogP contribution in [0.3, 0.4) is 0 Å². The molecule has 0 saturated heterocycles. The molecule has 0 aromatic heterocycles. The number of hydrogen-bond donors (Lipinski definition) is 1. The molecule has 2 N–H and O–H groups in total. The summed E-state index contributed by atoms with van der Waals surface area (Å²) in [7, 11) is 1.45. The number of ether oxygens (including phenoxy) is 2. The normalized spacial score (nSPS) is 14.3. The summed E-state index contributed by atoms with van der Waals surface area (Å²) < 4.78 is 24.0. The molecule has 1 rings (SSSR count). The van der Waals surface area contributed by atoms with Crippen molar-refractivity contribution in [2.45, 2.75) is 38.8 Å². The summed E-state index contributed by atoms with van der Waals surface area (Å²) in [6, 6.07) is 4.80. The maximum atomic E-state index is 13.5. The van der Waals surface area contributed by atoms with Gasteiger partial charge in [0.1, 0.15) is 0 Å². The van der Waals surface area contributed by atoms with Crippen molar-refractivity contribution in [2.24, 2.45) is 5.73 Å². The molecule has 0 saturated carbocycles. The lowest BCUT2D eigenvalue weighted by molar-refractivity contribution is 0.0417. The molecule has 0 amide bonds. The van der Waals surface area contributed by atoms with Gasteiger partial charge in [-0.1, -0.05) is 13.0 Å². The van der Waals surface area contributed by atoms with Crippen LogP contribution in [0, 0.1) is 5.82 Å². The fraction of sp³-hybridized carbons (Fsp3) is 0.571. The Hall–Kier alpha value is -1.13. The predicted molar refractivity (Wildman–Crippen MR) is 70.3 cm³/mol. The monoisotopic (exact) mass is 255 g/mol. The van der Waals surface area contributed by atoms with Gasteiger partial charge in [0.05, 0.1) is 13.2 Å². The molecule has 0 fully saturated rings. The molecule has 18 heavy (non-hydrogen) atoms. The van der Waals surface area contributed by atoms with E-state index in [2.05, 4.69) is 0 Å². The molecule has 2 unspecified atom stereocenters. The summed E-state index contributed by atoms with van der Waals surface area (Å²) >= 11 is 0. The first-order chi connectivity index (χ1) is 8.62. The highest BCUT2D eigenvalue weighted by Crippen LogP contribution is 2.19. The van der Waals surface area contributed by atoms with Crippen LogP contribution in [-0.2, 0) is 11.2 Å².